The number of hydrogen-bond donors (Lipinski definition) is 0. The van der Waals surface area contributed by atoms with Crippen molar-refractivity contribution in [3.05, 3.63) is 62.5 Å². The second-order valence-corrected chi connectivity index (χ2v) is 7.38. The predicted molar refractivity (Wildman–Crippen MR) is 106 cm³/mol. The Morgan fingerprint density at radius 3 is 2.59 bits per heavy atom. The molecule has 0 radical (unpaired) electrons. The molecule has 0 saturated heterocycles. The van der Waals surface area contributed by atoms with Gasteiger partial charge in [0.2, 0.25) is 0 Å². The molecule has 29 heavy (non-hydrogen) atoms. The van der Waals surface area contributed by atoms with Crippen LogP contribution in [0.5, 0.6) is 0 Å². The van der Waals surface area contributed by atoms with Gasteiger partial charge in [0.05, 0.1) is 22.2 Å². The third-order valence-corrected chi connectivity index (χ3v) is 5.33. The standard InChI is InChI=1S/C20H17Cl2F3N2O2/c1-4-29-19(28)18-17(22)13(14(21)8-26-18)6-11-9-27(3)15-7-12(20(23,24)25)5-10(2)16(11)15/h5,7-9H,4,6H2,1-3H3. The summed E-state index contributed by atoms with van der Waals surface area (Å²) in [4.78, 5) is 16.0. The number of hydrogen-bond acceptors (Lipinski definition) is 3. The molecule has 1 aromatic carbocycles. The van der Waals surface area contributed by atoms with Crippen LogP contribution in [0.2, 0.25) is 10.0 Å². The van der Waals surface area contributed by atoms with Crippen molar-refractivity contribution in [2.24, 2.45) is 7.05 Å². The van der Waals surface area contributed by atoms with Gasteiger partial charge in [0, 0.05) is 36.8 Å². The van der Waals surface area contributed by atoms with Gasteiger partial charge in [-0.1, -0.05) is 23.2 Å². The maximum absolute atomic E-state index is 13.2. The first-order valence-electron chi connectivity index (χ1n) is 8.70. The zero-order chi connectivity index (χ0) is 21.5. The second-order valence-electron chi connectivity index (χ2n) is 6.59. The molecule has 0 amide bonds. The van der Waals surface area contributed by atoms with Gasteiger partial charge in [0.25, 0.3) is 0 Å². The fourth-order valence-corrected chi connectivity index (χ4v) is 3.88. The number of benzene rings is 1. The maximum atomic E-state index is 13.2. The van der Waals surface area contributed by atoms with E-state index in [1.807, 2.05) is 0 Å². The third kappa shape index (κ3) is 4.07. The van der Waals surface area contributed by atoms with E-state index in [0.717, 1.165) is 17.7 Å². The molecule has 0 aliphatic heterocycles. The number of carbonyl (C=O) groups excluding carboxylic acids is 1. The summed E-state index contributed by atoms with van der Waals surface area (Å²) < 4.78 is 46.1. The van der Waals surface area contributed by atoms with Crippen LogP contribution < -0.4 is 0 Å². The van der Waals surface area contributed by atoms with Gasteiger partial charge in [-0.2, -0.15) is 13.2 Å². The Bertz CT molecular complexity index is 1110. The molecule has 0 unspecified atom stereocenters. The molecule has 0 spiro atoms. The number of esters is 1. The lowest BCUT2D eigenvalue weighted by molar-refractivity contribution is -0.137. The van der Waals surface area contributed by atoms with Crippen LogP contribution >= 0.6 is 23.2 Å². The van der Waals surface area contributed by atoms with E-state index in [-0.39, 0.29) is 28.8 Å². The lowest BCUT2D eigenvalue weighted by Gasteiger charge is -2.12. The molecule has 9 heteroatoms. The smallest absolute Gasteiger partial charge is 0.416 e. The number of fused-ring (bicyclic) bond motifs is 1. The summed E-state index contributed by atoms with van der Waals surface area (Å²) in [6.07, 6.45) is -1.17. The molecule has 0 saturated carbocycles. The molecule has 0 atom stereocenters. The molecular weight excluding hydrogens is 428 g/mol. The van der Waals surface area contributed by atoms with Crippen molar-refractivity contribution in [2.75, 3.05) is 6.61 Å². The Morgan fingerprint density at radius 1 is 1.28 bits per heavy atom. The minimum Gasteiger partial charge on any atom is -0.461 e. The highest BCUT2D eigenvalue weighted by Crippen LogP contribution is 2.37. The van der Waals surface area contributed by atoms with E-state index in [1.54, 1.807) is 31.7 Å². The molecule has 154 valence electrons. The lowest BCUT2D eigenvalue weighted by atomic mass is 9.99. The fraction of sp³-hybridized carbons (Fsp3) is 0.300. The second kappa shape index (κ2) is 7.88. The van der Waals surface area contributed by atoms with Crippen LogP contribution in [0.15, 0.2) is 24.5 Å². The van der Waals surface area contributed by atoms with E-state index in [4.69, 9.17) is 27.9 Å². The highest BCUT2D eigenvalue weighted by Gasteiger charge is 2.32. The van der Waals surface area contributed by atoms with Crippen LogP contribution in [0, 0.1) is 6.92 Å². The zero-order valence-electron chi connectivity index (χ0n) is 15.8. The molecule has 2 heterocycles. The Hall–Kier alpha value is -2.25. The average Bonchev–Trinajstić information content (AvgIpc) is 2.94. The highest BCUT2D eigenvalue weighted by molar-refractivity contribution is 6.37. The average molecular weight is 445 g/mol. The quantitative estimate of drug-likeness (QED) is 0.465. The Morgan fingerprint density at radius 2 is 1.97 bits per heavy atom. The van der Waals surface area contributed by atoms with Crippen molar-refractivity contribution in [2.45, 2.75) is 26.4 Å². The van der Waals surface area contributed by atoms with Crippen molar-refractivity contribution >= 4 is 40.1 Å². The number of aromatic nitrogens is 2. The van der Waals surface area contributed by atoms with E-state index in [1.165, 1.54) is 6.20 Å². The van der Waals surface area contributed by atoms with Gasteiger partial charge in [-0.3, -0.25) is 0 Å². The first kappa shape index (κ1) is 21.5. The van der Waals surface area contributed by atoms with Gasteiger partial charge in [0.1, 0.15) is 0 Å². The summed E-state index contributed by atoms with van der Waals surface area (Å²) in [6, 6.07) is 2.23. The first-order chi connectivity index (χ1) is 13.5. The van der Waals surface area contributed by atoms with Crippen molar-refractivity contribution in [1.29, 1.82) is 0 Å². The van der Waals surface area contributed by atoms with Crippen LogP contribution in [0.4, 0.5) is 13.2 Å². The summed E-state index contributed by atoms with van der Waals surface area (Å²) in [5.74, 6) is -0.667. The van der Waals surface area contributed by atoms with Crippen LogP contribution in [-0.2, 0) is 24.4 Å². The summed E-state index contributed by atoms with van der Waals surface area (Å²) in [7, 11) is 1.67. The SMILES string of the molecule is CCOC(=O)c1ncc(Cl)c(Cc2cn(C)c3cc(C(F)(F)F)cc(C)c23)c1Cl. The van der Waals surface area contributed by atoms with Gasteiger partial charge in [-0.15, -0.1) is 0 Å². The largest absolute Gasteiger partial charge is 0.461 e. The molecule has 0 N–H and O–H groups in total. The Kier molecular flexibility index (Phi) is 5.83. The lowest BCUT2D eigenvalue weighted by Crippen LogP contribution is -2.09. The topological polar surface area (TPSA) is 44.1 Å². The van der Waals surface area contributed by atoms with E-state index < -0.39 is 17.7 Å². The molecule has 0 aliphatic carbocycles. The number of ether oxygens (including phenoxy) is 1. The summed E-state index contributed by atoms with van der Waals surface area (Å²) >= 11 is 12.6. The minimum absolute atomic E-state index is 0.0516. The van der Waals surface area contributed by atoms with E-state index >= 15 is 0 Å². The van der Waals surface area contributed by atoms with Gasteiger partial charge in [0.15, 0.2) is 5.69 Å². The maximum Gasteiger partial charge on any atom is 0.416 e. The minimum atomic E-state index is -4.43. The Labute approximate surface area is 175 Å². The zero-order valence-corrected chi connectivity index (χ0v) is 17.3. The number of nitrogens with zero attached hydrogens (tertiary/aromatic N) is 2. The van der Waals surface area contributed by atoms with Gasteiger partial charge in [-0.05, 0) is 42.7 Å². The monoisotopic (exact) mass is 444 g/mol. The molecule has 0 aliphatic rings. The Balaban J connectivity index is 2.12. The van der Waals surface area contributed by atoms with Gasteiger partial charge in [-0.25, -0.2) is 9.78 Å². The van der Waals surface area contributed by atoms with Crippen LogP contribution in [-0.4, -0.2) is 22.1 Å². The van der Waals surface area contributed by atoms with Crippen molar-refractivity contribution in [1.82, 2.24) is 9.55 Å². The number of alkyl halides is 3. The number of carbonyl (C=O) groups is 1. The third-order valence-electron chi connectivity index (χ3n) is 4.60. The number of pyridine rings is 1. The summed E-state index contributed by atoms with van der Waals surface area (Å²) in [6.45, 7) is 3.45. The first-order valence-corrected chi connectivity index (χ1v) is 9.45. The van der Waals surface area contributed by atoms with Crippen LogP contribution in [0.1, 0.15) is 39.7 Å². The molecular formula is C20H17Cl2F3N2O2. The van der Waals surface area contributed by atoms with E-state index in [9.17, 15) is 18.0 Å². The van der Waals surface area contributed by atoms with Crippen molar-refractivity contribution < 1.29 is 22.7 Å². The summed E-state index contributed by atoms with van der Waals surface area (Å²) in [5, 5.41) is 1.00. The van der Waals surface area contributed by atoms with E-state index in [2.05, 4.69) is 4.98 Å². The predicted octanol–water partition coefficient (Wildman–Crippen LogP) is 5.97. The molecule has 4 nitrogen and oxygen atoms in total. The number of rotatable bonds is 4. The highest BCUT2D eigenvalue weighted by atomic mass is 35.5. The van der Waals surface area contributed by atoms with Crippen LogP contribution in [0.3, 0.4) is 0 Å². The molecule has 2 aromatic heterocycles. The molecule has 0 fully saturated rings. The molecule has 0 bridgehead atoms. The molecule has 3 aromatic rings. The van der Waals surface area contributed by atoms with Crippen molar-refractivity contribution in [3.8, 4) is 0 Å². The van der Waals surface area contributed by atoms with Crippen LogP contribution in [0.25, 0.3) is 10.9 Å². The van der Waals surface area contributed by atoms with Gasteiger partial charge < -0.3 is 9.30 Å². The normalized spacial score (nSPS) is 11.9. The fourth-order valence-electron chi connectivity index (χ4n) is 3.33. The van der Waals surface area contributed by atoms with Gasteiger partial charge >= 0.3 is 12.1 Å². The van der Waals surface area contributed by atoms with Crippen molar-refractivity contribution in [3.63, 3.8) is 0 Å². The number of halogens is 5. The summed E-state index contributed by atoms with van der Waals surface area (Å²) in [5.41, 5.74) is 1.36. The van der Waals surface area contributed by atoms with E-state index in [0.29, 0.717) is 22.0 Å². The number of aryl methyl sites for hydroxylation is 2. The molecule has 3 rings (SSSR count).